The first kappa shape index (κ1) is 26.1. The molecule has 7 nitrogen and oxygen atoms in total. The average Bonchev–Trinajstić information content (AvgIpc) is 3.31. The van der Waals surface area contributed by atoms with Crippen molar-refractivity contribution in [3.05, 3.63) is 76.2 Å². The summed E-state index contributed by atoms with van der Waals surface area (Å²) in [6.45, 7) is 2.08. The van der Waals surface area contributed by atoms with E-state index in [1.54, 1.807) is 42.3 Å². The van der Waals surface area contributed by atoms with Gasteiger partial charge in [-0.3, -0.25) is 14.5 Å². The molecule has 2 aliphatic rings. The summed E-state index contributed by atoms with van der Waals surface area (Å²) in [6, 6.07) is 11.8. The van der Waals surface area contributed by atoms with Gasteiger partial charge in [-0.05, 0) is 49.2 Å². The van der Waals surface area contributed by atoms with E-state index in [1.165, 1.54) is 11.0 Å². The molecule has 1 saturated heterocycles. The first-order valence-electron chi connectivity index (χ1n) is 12.5. The van der Waals surface area contributed by atoms with Crippen LogP contribution in [0.2, 0.25) is 5.02 Å². The number of rotatable bonds is 4. The zero-order valence-corrected chi connectivity index (χ0v) is 21.6. The predicted octanol–water partition coefficient (Wildman–Crippen LogP) is 5.13. The van der Waals surface area contributed by atoms with Crippen molar-refractivity contribution in [1.82, 2.24) is 14.5 Å². The maximum atomic E-state index is 13.8. The summed E-state index contributed by atoms with van der Waals surface area (Å²) in [5.41, 5.74) is 0.529. The SMILES string of the molecule is CN(C(=O)c1cccc(Cl)c1)c1nc2n(c1C(=O)N1CCN(c3cccc(C(F)(F)F)c3)CC1)CCCC2. The molecule has 5 rings (SSSR count). The van der Waals surface area contributed by atoms with Crippen molar-refractivity contribution in [3.8, 4) is 0 Å². The van der Waals surface area contributed by atoms with Gasteiger partial charge in [0.2, 0.25) is 0 Å². The molecule has 38 heavy (non-hydrogen) atoms. The van der Waals surface area contributed by atoms with Crippen LogP contribution < -0.4 is 9.80 Å². The fourth-order valence-corrected chi connectivity index (χ4v) is 5.21. The van der Waals surface area contributed by atoms with Crippen LogP contribution in [0.25, 0.3) is 0 Å². The van der Waals surface area contributed by atoms with Gasteiger partial charge in [-0.15, -0.1) is 0 Å². The van der Waals surface area contributed by atoms with Crippen LogP contribution in [0, 0.1) is 0 Å². The molecule has 200 valence electrons. The zero-order chi connectivity index (χ0) is 27.0. The number of aryl methyl sites for hydroxylation is 1. The smallest absolute Gasteiger partial charge is 0.368 e. The van der Waals surface area contributed by atoms with Crippen LogP contribution >= 0.6 is 11.6 Å². The summed E-state index contributed by atoms with van der Waals surface area (Å²) < 4.78 is 41.4. The number of alkyl halides is 3. The minimum Gasteiger partial charge on any atom is -0.368 e. The molecular weight excluding hydrogens is 519 g/mol. The van der Waals surface area contributed by atoms with Gasteiger partial charge >= 0.3 is 6.18 Å². The highest BCUT2D eigenvalue weighted by atomic mass is 35.5. The number of carbonyl (C=O) groups is 2. The molecule has 1 fully saturated rings. The molecule has 2 aliphatic heterocycles. The second-order valence-corrected chi connectivity index (χ2v) is 9.95. The van der Waals surface area contributed by atoms with Gasteiger partial charge in [0.05, 0.1) is 5.56 Å². The van der Waals surface area contributed by atoms with Crippen molar-refractivity contribution in [2.75, 3.05) is 43.0 Å². The lowest BCUT2D eigenvalue weighted by atomic mass is 10.1. The monoisotopic (exact) mass is 545 g/mol. The van der Waals surface area contributed by atoms with E-state index in [9.17, 15) is 22.8 Å². The number of hydrogen-bond acceptors (Lipinski definition) is 4. The van der Waals surface area contributed by atoms with Gasteiger partial charge in [-0.1, -0.05) is 23.7 Å². The zero-order valence-electron chi connectivity index (χ0n) is 20.8. The number of amides is 2. The average molecular weight is 546 g/mol. The Hall–Kier alpha value is -3.53. The molecule has 2 amide bonds. The highest BCUT2D eigenvalue weighted by molar-refractivity contribution is 6.31. The molecule has 0 N–H and O–H groups in total. The summed E-state index contributed by atoms with van der Waals surface area (Å²) in [6.07, 6.45) is -1.85. The Morgan fingerprint density at radius 1 is 0.974 bits per heavy atom. The van der Waals surface area contributed by atoms with Gasteiger partial charge in [0.1, 0.15) is 5.82 Å². The van der Waals surface area contributed by atoms with Crippen molar-refractivity contribution in [1.29, 1.82) is 0 Å². The lowest BCUT2D eigenvalue weighted by Crippen LogP contribution is -2.49. The highest BCUT2D eigenvalue weighted by Crippen LogP contribution is 2.32. The summed E-state index contributed by atoms with van der Waals surface area (Å²) in [5, 5.41) is 0.434. The summed E-state index contributed by atoms with van der Waals surface area (Å²) in [4.78, 5) is 36.7. The van der Waals surface area contributed by atoms with Crippen LogP contribution in [0.3, 0.4) is 0 Å². The van der Waals surface area contributed by atoms with Crippen LogP contribution in [0.1, 0.15) is 45.1 Å². The van der Waals surface area contributed by atoms with E-state index in [4.69, 9.17) is 16.6 Å². The molecule has 0 spiro atoms. The third-order valence-corrected chi connectivity index (χ3v) is 7.30. The maximum Gasteiger partial charge on any atom is 0.416 e. The minimum absolute atomic E-state index is 0.241. The number of imidazole rings is 1. The van der Waals surface area contributed by atoms with Crippen molar-refractivity contribution >= 4 is 34.9 Å². The van der Waals surface area contributed by atoms with Crippen LogP contribution in [-0.4, -0.2) is 59.5 Å². The summed E-state index contributed by atoms with van der Waals surface area (Å²) >= 11 is 6.08. The number of fused-ring (bicyclic) bond motifs is 1. The third-order valence-electron chi connectivity index (χ3n) is 7.06. The molecule has 0 atom stereocenters. The lowest BCUT2D eigenvalue weighted by molar-refractivity contribution is -0.137. The first-order valence-corrected chi connectivity index (χ1v) is 12.9. The Morgan fingerprint density at radius 3 is 2.42 bits per heavy atom. The van der Waals surface area contributed by atoms with Gasteiger partial charge in [0.15, 0.2) is 11.5 Å². The Kier molecular flexibility index (Phi) is 7.09. The second kappa shape index (κ2) is 10.3. The molecule has 1 aromatic heterocycles. The Morgan fingerprint density at radius 2 is 1.71 bits per heavy atom. The number of benzene rings is 2. The van der Waals surface area contributed by atoms with E-state index in [0.29, 0.717) is 66.9 Å². The van der Waals surface area contributed by atoms with Crippen molar-refractivity contribution in [2.45, 2.75) is 32.0 Å². The largest absolute Gasteiger partial charge is 0.416 e. The number of piperazine rings is 1. The maximum absolute atomic E-state index is 13.8. The van der Waals surface area contributed by atoms with E-state index in [2.05, 4.69) is 0 Å². The highest BCUT2D eigenvalue weighted by Gasteiger charge is 2.34. The van der Waals surface area contributed by atoms with Gasteiger partial charge in [0, 0.05) is 62.5 Å². The van der Waals surface area contributed by atoms with Crippen LogP contribution in [0.4, 0.5) is 24.7 Å². The third kappa shape index (κ3) is 5.09. The minimum atomic E-state index is -4.42. The van der Waals surface area contributed by atoms with Crippen LogP contribution in [0.15, 0.2) is 48.5 Å². The second-order valence-electron chi connectivity index (χ2n) is 9.51. The number of nitrogens with zero attached hydrogens (tertiary/aromatic N) is 5. The van der Waals surface area contributed by atoms with Gasteiger partial charge in [-0.25, -0.2) is 4.98 Å². The van der Waals surface area contributed by atoms with Crippen LogP contribution in [0.5, 0.6) is 0 Å². The van der Waals surface area contributed by atoms with E-state index in [1.807, 2.05) is 9.47 Å². The molecule has 11 heteroatoms. The van der Waals surface area contributed by atoms with Crippen molar-refractivity contribution < 1.29 is 22.8 Å². The number of anilines is 2. The topological polar surface area (TPSA) is 61.7 Å². The molecule has 0 saturated carbocycles. The summed E-state index contributed by atoms with van der Waals surface area (Å²) in [5.74, 6) is 0.501. The standard InChI is InChI=1S/C27H27ClF3N5O2/c1-33(25(37)18-6-4-8-20(28)16-18)24-23(36-11-3-2-10-22(36)32-24)26(38)35-14-12-34(13-15-35)21-9-5-7-19(17-21)27(29,30)31/h4-9,16-17H,2-3,10-15H2,1H3. The molecule has 2 aromatic carbocycles. The fourth-order valence-electron chi connectivity index (χ4n) is 5.02. The fraction of sp³-hybridized carbons (Fsp3) is 0.370. The number of hydrogen-bond donors (Lipinski definition) is 0. The lowest BCUT2D eigenvalue weighted by Gasteiger charge is -2.36. The van der Waals surface area contributed by atoms with E-state index in [-0.39, 0.29) is 11.8 Å². The molecule has 0 aliphatic carbocycles. The molecular formula is C27H27ClF3N5O2. The van der Waals surface area contributed by atoms with Crippen molar-refractivity contribution in [2.24, 2.45) is 0 Å². The van der Waals surface area contributed by atoms with E-state index < -0.39 is 11.7 Å². The molecule has 3 heterocycles. The molecule has 0 unspecified atom stereocenters. The van der Waals surface area contributed by atoms with E-state index >= 15 is 0 Å². The molecule has 0 radical (unpaired) electrons. The Bertz CT molecular complexity index is 1360. The van der Waals surface area contributed by atoms with Gasteiger partial charge < -0.3 is 14.4 Å². The number of halogens is 4. The van der Waals surface area contributed by atoms with Crippen LogP contribution in [-0.2, 0) is 19.1 Å². The number of carbonyl (C=O) groups excluding carboxylic acids is 2. The first-order chi connectivity index (χ1) is 18.1. The Labute approximate surface area is 223 Å². The Balaban J connectivity index is 1.38. The van der Waals surface area contributed by atoms with Gasteiger partial charge in [0.25, 0.3) is 11.8 Å². The normalized spacial score (nSPS) is 15.8. The van der Waals surface area contributed by atoms with Crippen molar-refractivity contribution in [3.63, 3.8) is 0 Å². The quantitative estimate of drug-likeness (QED) is 0.456. The van der Waals surface area contributed by atoms with E-state index in [0.717, 1.165) is 30.8 Å². The summed E-state index contributed by atoms with van der Waals surface area (Å²) in [7, 11) is 1.60. The predicted molar refractivity (Wildman–Crippen MR) is 139 cm³/mol. The molecule has 0 bridgehead atoms. The number of aromatic nitrogens is 2. The molecule has 3 aromatic rings. The van der Waals surface area contributed by atoms with Gasteiger partial charge in [-0.2, -0.15) is 13.2 Å².